The topological polar surface area (TPSA) is 60.2 Å². The van der Waals surface area contributed by atoms with Crippen LogP contribution >= 0.6 is 0 Å². The predicted molar refractivity (Wildman–Crippen MR) is 42.3 cm³/mol. The maximum atomic E-state index is 10.8. The van der Waals surface area contributed by atoms with Crippen molar-refractivity contribution in [1.29, 1.82) is 0 Å². The van der Waals surface area contributed by atoms with E-state index in [2.05, 4.69) is 0 Å². The molecule has 1 radical (unpaired) electrons. The van der Waals surface area contributed by atoms with Gasteiger partial charge in [0.1, 0.15) is 0 Å². The van der Waals surface area contributed by atoms with E-state index in [1.165, 1.54) is 6.42 Å². The summed E-state index contributed by atoms with van der Waals surface area (Å²) in [7, 11) is -4.34. The summed E-state index contributed by atoms with van der Waals surface area (Å²) in [5.74, 6) is 0. The molecule has 0 aliphatic carbocycles. The molecule has 0 aromatic carbocycles. The zero-order valence-corrected chi connectivity index (χ0v) is 7.65. The Morgan fingerprint density at radius 1 is 1.10 bits per heavy atom. The van der Waals surface area contributed by atoms with Crippen molar-refractivity contribution in [3.8, 4) is 0 Å². The van der Waals surface area contributed by atoms with Gasteiger partial charge in [0.25, 0.3) is 0 Å². The Kier molecular flexibility index (Phi) is 2.48. The predicted octanol–water partition coefficient (Wildman–Crippen LogP) is 0.450. The Hall–Kier alpha value is 0.127. The molecule has 10 heavy (non-hydrogen) atoms. The molecule has 2 N–H and O–H groups in total. The van der Waals surface area contributed by atoms with Crippen LogP contribution < -0.4 is 5.14 Å². The molecule has 3 nitrogen and oxygen atoms in total. The minimum absolute atomic E-state index is 0.865. The van der Waals surface area contributed by atoms with Gasteiger partial charge in [-0.15, -0.1) is 0 Å². The maximum Gasteiger partial charge on any atom is 0.224 e. The summed E-state index contributed by atoms with van der Waals surface area (Å²) in [5, 5.41) is 5.03. The summed E-state index contributed by atoms with van der Waals surface area (Å²) in [6.45, 7) is 0. The first-order chi connectivity index (χ1) is 4.61. The van der Waals surface area contributed by atoms with E-state index < -0.39 is 17.4 Å². The van der Waals surface area contributed by atoms with Crippen LogP contribution in [0.4, 0.5) is 0 Å². The molecular formula is C5H12NO2SSi. The van der Waals surface area contributed by atoms with Gasteiger partial charge >= 0.3 is 0 Å². The number of hydrogen-bond acceptors (Lipinski definition) is 2. The molecule has 0 bridgehead atoms. The largest absolute Gasteiger partial charge is 0.235 e. The Labute approximate surface area is 62.9 Å². The van der Waals surface area contributed by atoms with Crippen molar-refractivity contribution in [2.45, 2.75) is 31.4 Å². The molecule has 59 valence electrons. The van der Waals surface area contributed by atoms with E-state index in [4.69, 9.17) is 5.14 Å². The van der Waals surface area contributed by atoms with Gasteiger partial charge in [-0.1, -0.05) is 19.3 Å². The van der Waals surface area contributed by atoms with Gasteiger partial charge in [0.05, 0.1) is 0 Å². The average Bonchev–Trinajstić information content (AvgIpc) is 1.88. The molecule has 0 aromatic heterocycles. The highest BCUT2D eigenvalue weighted by Gasteiger charge is 2.26. The second kappa shape index (κ2) is 3.02. The number of hydrogen-bond donors (Lipinski definition) is 1. The Bertz CT molecular complexity index is 196. The van der Waals surface area contributed by atoms with Gasteiger partial charge in [-0.05, 0) is 12.1 Å². The van der Waals surface area contributed by atoms with Gasteiger partial charge in [0, 0.05) is 0 Å². The van der Waals surface area contributed by atoms with Crippen LogP contribution in [0.5, 0.6) is 0 Å². The molecule has 1 rings (SSSR count). The molecule has 0 unspecified atom stereocenters. The molecule has 1 aliphatic heterocycles. The van der Waals surface area contributed by atoms with Crippen molar-refractivity contribution in [3.05, 3.63) is 0 Å². The van der Waals surface area contributed by atoms with Crippen molar-refractivity contribution in [2.24, 2.45) is 5.14 Å². The fourth-order valence-electron chi connectivity index (χ4n) is 1.23. The Morgan fingerprint density at radius 3 is 1.90 bits per heavy atom. The molecule has 0 aromatic rings. The van der Waals surface area contributed by atoms with Crippen LogP contribution in [0.1, 0.15) is 19.3 Å². The van der Waals surface area contributed by atoms with Crippen molar-refractivity contribution >= 4 is 17.4 Å². The Morgan fingerprint density at radius 2 is 1.60 bits per heavy atom. The first kappa shape index (κ1) is 8.23. The minimum Gasteiger partial charge on any atom is -0.235 e. The number of rotatable bonds is 1. The smallest absolute Gasteiger partial charge is 0.224 e. The van der Waals surface area contributed by atoms with Gasteiger partial charge in [-0.3, -0.25) is 0 Å². The van der Waals surface area contributed by atoms with E-state index in [0.29, 0.717) is 0 Å². The SMILES string of the molecule is NS(=O)(=O)[Si]1CCCCC1. The summed E-state index contributed by atoms with van der Waals surface area (Å²) in [6, 6.07) is 1.73. The van der Waals surface area contributed by atoms with Crippen LogP contribution in [-0.2, 0) is 9.47 Å². The minimum atomic E-state index is -3.12. The second-order valence-electron chi connectivity index (χ2n) is 2.64. The summed E-state index contributed by atoms with van der Waals surface area (Å²) >= 11 is 0. The summed E-state index contributed by atoms with van der Waals surface area (Å²) in [4.78, 5) is 0. The first-order valence-corrected chi connectivity index (χ1v) is 7.67. The van der Waals surface area contributed by atoms with E-state index in [1.54, 1.807) is 0 Å². The van der Waals surface area contributed by atoms with E-state index in [-0.39, 0.29) is 0 Å². The third kappa shape index (κ3) is 2.07. The lowest BCUT2D eigenvalue weighted by molar-refractivity contribution is 0.607. The molecule has 0 atom stereocenters. The Balaban J connectivity index is 2.56. The fourth-order valence-corrected chi connectivity index (χ4v) is 5.91. The van der Waals surface area contributed by atoms with Gasteiger partial charge in [-0.25, -0.2) is 13.6 Å². The van der Waals surface area contributed by atoms with Crippen LogP contribution in [0.3, 0.4) is 0 Å². The van der Waals surface area contributed by atoms with E-state index in [0.717, 1.165) is 24.9 Å². The molecule has 0 spiro atoms. The standard InChI is InChI=1S/C5H12NO2SSi/c6-9(7,8)10-4-2-1-3-5-10/h1-5H2,(H2,6,7,8). The van der Waals surface area contributed by atoms with Crippen LogP contribution in [0.15, 0.2) is 0 Å². The lowest BCUT2D eigenvalue weighted by Gasteiger charge is -2.16. The highest BCUT2D eigenvalue weighted by atomic mass is 32.4. The third-order valence-electron chi connectivity index (χ3n) is 1.81. The third-order valence-corrected chi connectivity index (χ3v) is 8.08. The molecular weight excluding hydrogens is 166 g/mol. The van der Waals surface area contributed by atoms with Crippen molar-refractivity contribution in [3.63, 3.8) is 0 Å². The molecule has 1 saturated heterocycles. The normalized spacial score (nSPS) is 22.9. The van der Waals surface area contributed by atoms with E-state index in [1.807, 2.05) is 0 Å². The lowest BCUT2D eigenvalue weighted by atomic mass is 10.3. The van der Waals surface area contributed by atoms with Crippen molar-refractivity contribution in [2.75, 3.05) is 0 Å². The fraction of sp³-hybridized carbons (Fsp3) is 1.00. The van der Waals surface area contributed by atoms with Gasteiger partial charge in [0.15, 0.2) is 9.47 Å². The molecule has 5 heteroatoms. The monoisotopic (exact) mass is 178 g/mol. The van der Waals surface area contributed by atoms with E-state index >= 15 is 0 Å². The summed E-state index contributed by atoms with van der Waals surface area (Å²) in [6.07, 6.45) is 3.30. The number of nitrogens with two attached hydrogens (primary N) is 1. The molecule has 0 saturated carbocycles. The van der Waals surface area contributed by atoms with Gasteiger partial charge < -0.3 is 0 Å². The second-order valence-corrected chi connectivity index (χ2v) is 9.25. The highest BCUT2D eigenvalue weighted by Crippen LogP contribution is 2.20. The van der Waals surface area contributed by atoms with E-state index in [9.17, 15) is 8.42 Å². The average molecular weight is 178 g/mol. The van der Waals surface area contributed by atoms with Crippen LogP contribution in [-0.4, -0.2) is 16.4 Å². The van der Waals surface area contributed by atoms with Crippen LogP contribution in [0.25, 0.3) is 0 Å². The maximum absolute atomic E-state index is 10.8. The highest BCUT2D eigenvalue weighted by molar-refractivity contribution is 8.16. The zero-order chi connectivity index (χ0) is 7.61. The molecule has 0 amide bonds. The quantitative estimate of drug-likeness (QED) is 0.593. The molecule has 1 fully saturated rings. The summed E-state index contributed by atoms with van der Waals surface area (Å²) in [5.41, 5.74) is 0. The summed E-state index contributed by atoms with van der Waals surface area (Å²) < 4.78 is 21.6. The van der Waals surface area contributed by atoms with Crippen LogP contribution in [0, 0.1) is 0 Å². The van der Waals surface area contributed by atoms with Crippen molar-refractivity contribution < 1.29 is 8.42 Å². The first-order valence-electron chi connectivity index (χ1n) is 3.48. The zero-order valence-electron chi connectivity index (χ0n) is 5.84. The van der Waals surface area contributed by atoms with Gasteiger partial charge in [-0.2, -0.15) is 0 Å². The van der Waals surface area contributed by atoms with Crippen LogP contribution in [0.2, 0.25) is 12.1 Å². The van der Waals surface area contributed by atoms with Crippen molar-refractivity contribution in [1.82, 2.24) is 0 Å². The molecule has 1 aliphatic rings. The molecule has 1 heterocycles. The lowest BCUT2D eigenvalue weighted by Crippen LogP contribution is -2.33. The van der Waals surface area contributed by atoms with Gasteiger partial charge in [0.2, 0.25) is 7.95 Å².